The Morgan fingerprint density at radius 3 is 2.41 bits per heavy atom. The van der Waals surface area contributed by atoms with E-state index in [1.54, 1.807) is 24.3 Å². The monoisotopic (exact) mass is 457 g/mol. The van der Waals surface area contributed by atoms with E-state index in [4.69, 9.17) is 11.6 Å². The van der Waals surface area contributed by atoms with E-state index in [9.17, 15) is 9.59 Å². The number of carbonyl (C=O) groups excluding carboxylic acids is 2. The van der Waals surface area contributed by atoms with Gasteiger partial charge in [0.2, 0.25) is 5.91 Å². The molecule has 0 radical (unpaired) electrons. The lowest BCUT2D eigenvalue weighted by molar-refractivity contribution is -0.131. The second-order valence-corrected chi connectivity index (χ2v) is 10.6. The summed E-state index contributed by atoms with van der Waals surface area (Å²) >= 11 is 5.94. The van der Waals surface area contributed by atoms with E-state index in [0.717, 1.165) is 45.1 Å². The average molecular weight is 458 g/mol. The minimum atomic E-state index is 0.0646. The Kier molecular flexibility index (Phi) is 6.97. The standard InChI is InChI=1S/C26H36ClN3O2/c1-4-24(31)30(18-20-5-8-21-17-23(20)26(21,2)3)16-13-28-11-14-29(15-12-28)25(32)19-6-9-22(27)10-7-19/h5-7,9-10,21,23H,4,8,11-18H2,1-3H3. The van der Waals surface area contributed by atoms with Crippen molar-refractivity contribution in [3.63, 3.8) is 0 Å². The smallest absolute Gasteiger partial charge is 0.253 e. The van der Waals surface area contributed by atoms with Crippen LogP contribution in [0.1, 0.15) is 50.4 Å². The van der Waals surface area contributed by atoms with E-state index in [0.29, 0.717) is 41.4 Å². The van der Waals surface area contributed by atoms with Gasteiger partial charge in [-0.3, -0.25) is 14.5 Å². The highest BCUT2D eigenvalue weighted by Crippen LogP contribution is 2.59. The molecule has 1 aromatic carbocycles. The molecule has 6 heteroatoms. The summed E-state index contributed by atoms with van der Waals surface area (Å²) in [7, 11) is 0. The summed E-state index contributed by atoms with van der Waals surface area (Å²) in [5.74, 6) is 1.76. The van der Waals surface area contributed by atoms with Gasteiger partial charge in [0.05, 0.1) is 0 Å². The van der Waals surface area contributed by atoms with Crippen molar-refractivity contribution in [3.05, 3.63) is 46.5 Å². The second kappa shape index (κ2) is 9.56. The first-order valence-corrected chi connectivity index (χ1v) is 12.4. The maximum absolute atomic E-state index is 12.7. The lowest BCUT2D eigenvalue weighted by Gasteiger charge is -2.57. The number of hydrogen-bond donors (Lipinski definition) is 0. The van der Waals surface area contributed by atoms with Crippen molar-refractivity contribution < 1.29 is 9.59 Å². The molecule has 5 rings (SSSR count). The number of rotatable bonds is 7. The van der Waals surface area contributed by atoms with Gasteiger partial charge in [0, 0.05) is 62.8 Å². The van der Waals surface area contributed by atoms with Crippen LogP contribution >= 0.6 is 11.6 Å². The lowest BCUT2D eigenvalue weighted by Crippen LogP contribution is -2.52. The summed E-state index contributed by atoms with van der Waals surface area (Å²) in [5, 5.41) is 0.641. The summed E-state index contributed by atoms with van der Waals surface area (Å²) in [5.41, 5.74) is 2.54. The molecule has 5 nitrogen and oxygen atoms in total. The summed E-state index contributed by atoms with van der Waals surface area (Å²) < 4.78 is 0. The van der Waals surface area contributed by atoms with Gasteiger partial charge in [-0.25, -0.2) is 0 Å². The van der Waals surface area contributed by atoms with Crippen LogP contribution in [-0.4, -0.2) is 72.3 Å². The van der Waals surface area contributed by atoms with Gasteiger partial charge in [-0.1, -0.05) is 44.0 Å². The molecule has 4 aliphatic rings. The van der Waals surface area contributed by atoms with Gasteiger partial charge in [-0.15, -0.1) is 0 Å². The molecule has 0 N–H and O–H groups in total. The number of fused-ring (bicyclic) bond motifs is 1. The molecule has 1 saturated heterocycles. The van der Waals surface area contributed by atoms with Gasteiger partial charge in [-0.2, -0.15) is 0 Å². The molecule has 1 aliphatic heterocycles. The van der Waals surface area contributed by atoms with Crippen LogP contribution in [-0.2, 0) is 4.79 Å². The summed E-state index contributed by atoms with van der Waals surface area (Å²) in [6.45, 7) is 12.2. The van der Waals surface area contributed by atoms with Crippen molar-refractivity contribution in [1.29, 1.82) is 0 Å². The van der Waals surface area contributed by atoms with E-state index in [1.807, 2.05) is 11.8 Å². The zero-order chi connectivity index (χ0) is 22.9. The fourth-order valence-corrected chi connectivity index (χ4v) is 5.73. The van der Waals surface area contributed by atoms with Gasteiger partial charge in [0.25, 0.3) is 5.91 Å². The molecule has 1 aromatic rings. The predicted octanol–water partition coefficient (Wildman–Crippen LogP) is 4.33. The molecule has 0 spiro atoms. The van der Waals surface area contributed by atoms with Crippen LogP contribution in [0.5, 0.6) is 0 Å². The Morgan fingerprint density at radius 1 is 1.12 bits per heavy atom. The fraction of sp³-hybridized carbons (Fsp3) is 0.615. The molecule has 1 saturated carbocycles. The first-order valence-electron chi connectivity index (χ1n) is 12.0. The molecule has 2 atom stereocenters. The highest BCUT2D eigenvalue weighted by Gasteiger charge is 2.51. The van der Waals surface area contributed by atoms with Crippen molar-refractivity contribution >= 4 is 23.4 Å². The number of allylic oxidation sites excluding steroid dienone is 1. The number of carbonyl (C=O) groups is 2. The molecule has 1 heterocycles. The van der Waals surface area contributed by atoms with E-state index < -0.39 is 0 Å². The number of piperazine rings is 1. The fourth-order valence-electron chi connectivity index (χ4n) is 5.60. The van der Waals surface area contributed by atoms with E-state index in [1.165, 1.54) is 12.0 Å². The van der Waals surface area contributed by atoms with Crippen LogP contribution < -0.4 is 0 Å². The molecular formula is C26H36ClN3O2. The Morgan fingerprint density at radius 2 is 1.81 bits per heavy atom. The van der Waals surface area contributed by atoms with Gasteiger partial charge < -0.3 is 9.80 Å². The number of benzene rings is 1. The van der Waals surface area contributed by atoms with Crippen LogP contribution in [0.15, 0.2) is 35.9 Å². The molecule has 3 aliphatic carbocycles. The van der Waals surface area contributed by atoms with Gasteiger partial charge >= 0.3 is 0 Å². The Bertz CT molecular complexity index is 872. The molecule has 0 aromatic heterocycles. The van der Waals surface area contributed by atoms with Crippen LogP contribution in [0.3, 0.4) is 0 Å². The predicted molar refractivity (Wildman–Crippen MR) is 129 cm³/mol. The Hall–Kier alpha value is -1.85. The third-order valence-corrected chi connectivity index (χ3v) is 8.30. The van der Waals surface area contributed by atoms with Crippen LogP contribution in [0.25, 0.3) is 0 Å². The molecule has 2 unspecified atom stereocenters. The minimum Gasteiger partial charge on any atom is -0.337 e. The second-order valence-electron chi connectivity index (χ2n) is 10.1. The number of halogens is 1. The van der Waals surface area contributed by atoms with E-state index in [2.05, 4.69) is 29.7 Å². The number of hydrogen-bond acceptors (Lipinski definition) is 3. The maximum atomic E-state index is 12.7. The van der Waals surface area contributed by atoms with Crippen molar-refractivity contribution in [2.75, 3.05) is 45.8 Å². The number of amides is 2. The van der Waals surface area contributed by atoms with Gasteiger partial charge in [0.15, 0.2) is 0 Å². The molecule has 2 fully saturated rings. The summed E-state index contributed by atoms with van der Waals surface area (Å²) in [6, 6.07) is 7.10. The Balaban J connectivity index is 1.28. The van der Waals surface area contributed by atoms with Crippen molar-refractivity contribution in [2.45, 2.75) is 40.0 Å². The topological polar surface area (TPSA) is 43.9 Å². The first kappa shape index (κ1) is 23.3. The molecule has 2 bridgehead atoms. The zero-order valence-corrected chi connectivity index (χ0v) is 20.4. The SMILES string of the molecule is CCC(=O)N(CCN1CCN(C(=O)c2ccc(Cl)cc2)CC1)CC1=CCC2CC1C2(C)C. The highest BCUT2D eigenvalue weighted by atomic mass is 35.5. The minimum absolute atomic E-state index is 0.0646. The van der Waals surface area contributed by atoms with Crippen molar-refractivity contribution in [1.82, 2.24) is 14.7 Å². The molecular weight excluding hydrogens is 422 g/mol. The molecule has 2 amide bonds. The summed E-state index contributed by atoms with van der Waals surface area (Å²) in [6.07, 6.45) is 5.40. The van der Waals surface area contributed by atoms with Crippen molar-refractivity contribution in [3.8, 4) is 0 Å². The number of nitrogens with zero attached hydrogens (tertiary/aromatic N) is 3. The highest BCUT2D eigenvalue weighted by molar-refractivity contribution is 6.30. The van der Waals surface area contributed by atoms with E-state index >= 15 is 0 Å². The molecule has 174 valence electrons. The van der Waals surface area contributed by atoms with Crippen molar-refractivity contribution in [2.24, 2.45) is 17.3 Å². The summed E-state index contributed by atoms with van der Waals surface area (Å²) in [4.78, 5) is 31.8. The average Bonchev–Trinajstić information content (AvgIpc) is 2.81. The largest absolute Gasteiger partial charge is 0.337 e. The van der Waals surface area contributed by atoms with Gasteiger partial charge in [0.1, 0.15) is 0 Å². The molecule has 32 heavy (non-hydrogen) atoms. The first-order chi connectivity index (χ1) is 15.3. The third kappa shape index (κ3) is 4.74. The Labute approximate surface area is 197 Å². The zero-order valence-electron chi connectivity index (χ0n) is 19.6. The van der Waals surface area contributed by atoms with Crippen LogP contribution in [0.2, 0.25) is 5.02 Å². The van der Waals surface area contributed by atoms with Crippen LogP contribution in [0, 0.1) is 17.3 Å². The maximum Gasteiger partial charge on any atom is 0.253 e. The normalized spacial score (nSPS) is 24.5. The quantitative estimate of drug-likeness (QED) is 0.572. The lowest BCUT2D eigenvalue weighted by atomic mass is 9.49. The van der Waals surface area contributed by atoms with Gasteiger partial charge in [-0.05, 0) is 54.4 Å². The van der Waals surface area contributed by atoms with Crippen LogP contribution in [0.4, 0.5) is 0 Å². The van der Waals surface area contributed by atoms with E-state index in [-0.39, 0.29) is 11.8 Å². The third-order valence-electron chi connectivity index (χ3n) is 8.05.